The van der Waals surface area contributed by atoms with Crippen molar-refractivity contribution in [3.63, 3.8) is 0 Å². The molecule has 0 N–H and O–H groups in total. The molecule has 0 saturated carbocycles. The van der Waals surface area contributed by atoms with E-state index in [0.717, 1.165) is 0 Å². The molecule has 0 radical (unpaired) electrons. The average Bonchev–Trinajstić information content (AvgIpc) is 2.41. The molecule has 0 aromatic heterocycles. The van der Waals surface area contributed by atoms with Crippen LogP contribution in [0.5, 0.6) is 0 Å². The molecule has 2 rings (SSSR count). The maximum Gasteiger partial charge on any atom is 0.185 e. The minimum atomic E-state index is -3.76. The van der Waals surface area contributed by atoms with Gasteiger partial charge in [0.1, 0.15) is 5.75 Å². The summed E-state index contributed by atoms with van der Waals surface area (Å²) in [6.07, 6.45) is 0. The number of benzene rings is 2. The number of hydrogen-bond donors (Lipinski definition) is 0. The summed E-state index contributed by atoms with van der Waals surface area (Å²) in [4.78, 5) is 12.2. The highest BCUT2D eigenvalue weighted by atomic mass is 35.5. The monoisotopic (exact) mass is 362 g/mol. The molecule has 0 spiro atoms. The third-order valence-electron chi connectivity index (χ3n) is 2.72. The molecule has 3 nitrogen and oxygen atoms in total. The van der Waals surface area contributed by atoms with Crippen molar-refractivity contribution in [1.29, 1.82) is 0 Å². The van der Waals surface area contributed by atoms with Gasteiger partial charge in [-0.15, -0.1) is 0 Å². The van der Waals surface area contributed by atoms with Gasteiger partial charge in [0.15, 0.2) is 15.6 Å². The zero-order valence-electron chi connectivity index (χ0n) is 10.5. The van der Waals surface area contributed by atoms with Crippen LogP contribution in [-0.4, -0.2) is 20.0 Å². The minimum absolute atomic E-state index is 0.0263. The van der Waals surface area contributed by atoms with Crippen LogP contribution in [-0.2, 0) is 9.84 Å². The van der Waals surface area contributed by atoms with Gasteiger partial charge in [0.05, 0.1) is 9.92 Å². The van der Waals surface area contributed by atoms with Gasteiger partial charge in [-0.2, -0.15) is 0 Å². The van der Waals surface area contributed by atoms with Crippen LogP contribution >= 0.6 is 34.8 Å². The number of halogens is 3. The highest BCUT2D eigenvalue weighted by Gasteiger charge is 2.22. The smallest absolute Gasteiger partial charge is 0.185 e. The molecule has 110 valence electrons. The fourth-order valence-electron chi connectivity index (χ4n) is 1.69. The molecule has 0 aliphatic rings. The molecule has 0 amide bonds. The summed E-state index contributed by atoms with van der Waals surface area (Å²) >= 11 is 17.4. The first-order valence-electron chi connectivity index (χ1n) is 5.76. The molecule has 0 atom stereocenters. The van der Waals surface area contributed by atoms with E-state index in [-0.39, 0.29) is 15.5 Å². The molecule has 21 heavy (non-hydrogen) atoms. The Kier molecular flexibility index (Phi) is 4.94. The molecule has 2 aromatic carbocycles. The number of carbonyl (C=O) groups is 1. The van der Waals surface area contributed by atoms with Gasteiger partial charge in [0.25, 0.3) is 0 Å². The van der Waals surface area contributed by atoms with Crippen LogP contribution in [0.1, 0.15) is 10.4 Å². The van der Waals surface area contributed by atoms with Crippen molar-refractivity contribution >= 4 is 50.4 Å². The lowest BCUT2D eigenvalue weighted by Gasteiger charge is -2.06. The normalized spacial score (nSPS) is 11.4. The largest absolute Gasteiger partial charge is 0.293 e. The third kappa shape index (κ3) is 3.98. The SMILES string of the molecule is O=C(CS(=O)(=O)c1ccc(Cl)cc1)c1cc(Cl)ccc1Cl. The summed E-state index contributed by atoms with van der Waals surface area (Å²) in [7, 11) is -3.76. The summed E-state index contributed by atoms with van der Waals surface area (Å²) in [5, 5.41) is 0.889. The van der Waals surface area contributed by atoms with Crippen molar-refractivity contribution in [2.45, 2.75) is 4.90 Å². The number of rotatable bonds is 4. The maximum atomic E-state index is 12.2. The first-order valence-corrected chi connectivity index (χ1v) is 8.55. The van der Waals surface area contributed by atoms with Crippen LogP contribution in [0.2, 0.25) is 15.1 Å². The number of Topliss-reactive ketones (excluding diaryl/α,β-unsaturated/α-hetero) is 1. The van der Waals surface area contributed by atoms with Crippen molar-refractivity contribution in [1.82, 2.24) is 0 Å². The Morgan fingerprint density at radius 1 is 0.905 bits per heavy atom. The van der Waals surface area contributed by atoms with Crippen LogP contribution in [0.4, 0.5) is 0 Å². The summed E-state index contributed by atoms with van der Waals surface area (Å²) in [6, 6.07) is 9.93. The van der Waals surface area contributed by atoms with Gasteiger partial charge in [0, 0.05) is 15.6 Å². The molecule has 0 bridgehead atoms. The van der Waals surface area contributed by atoms with E-state index < -0.39 is 21.4 Å². The lowest BCUT2D eigenvalue weighted by atomic mass is 10.1. The van der Waals surface area contributed by atoms with E-state index in [4.69, 9.17) is 34.8 Å². The molecule has 0 unspecified atom stereocenters. The van der Waals surface area contributed by atoms with Crippen LogP contribution in [0.3, 0.4) is 0 Å². The summed E-state index contributed by atoms with van der Waals surface area (Å²) < 4.78 is 24.4. The van der Waals surface area contributed by atoms with Crippen LogP contribution in [0.25, 0.3) is 0 Å². The number of sulfone groups is 1. The molecule has 2 aromatic rings. The molecule has 7 heteroatoms. The van der Waals surface area contributed by atoms with Crippen LogP contribution < -0.4 is 0 Å². The predicted octanol–water partition coefficient (Wildman–Crippen LogP) is 4.30. The topological polar surface area (TPSA) is 51.2 Å². The third-order valence-corrected chi connectivity index (χ3v) is 5.17. The average molecular weight is 364 g/mol. The highest BCUT2D eigenvalue weighted by molar-refractivity contribution is 7.92. The van der Waals surface area contributed by atoms with Gasteiger partial charge in [-0.25, -0.2) is 8.42 Å². The second-order valence-corrected chi connectivity index (χ2v) is 7.53. The summed E-state index contributed by atoms with van der Waals surface area (Å²) in [5.74, 6) is -1.30. The highest BCUT2D eigenvalue weighted by Crippen LogP contribution is 2.23. The van der Waals surface area contributed by atoms with Gasteiger partial charge in [-0.1, -0.05) is 34.8 Å². The number of hydrogen-bond acceptors (Lipinski definition) is 3. The second-order valence-electron chi connectivity index (χ2n) is 4.26. The Bertz CT molecular complexity index is 784. The van der Waals surface area contributed by atoms with E-state index in [1.807, 2.05) is 0 Å². The Morgan fingerprint density at radius 2 is 1.48 bits per heavy atom. The van der Waals surface area contributed by atoms with Gasteiger partial charge in [-0.05, 0) is 42.5 Å². The molecular formula is C14H9Cl3O3S. The number of ketones is 1. The van der Waals surface area contributed by atoms with Crippen molar-refractivity contribution in [3.8, 4) is 0 Å². The molecule has 0 aliphatic heterocycles. The van der Waals surface area contributed by atoms with E-state index in [2.05, 4.69) is 0 Å². The molecular weight excluding hydrogens is 355 g/mol. The fourth-order valence-corrected chi connectivity index (χ4v) is 3.43. The lowest BCUT2D eigenvalue weighted by Crippen LogP contribution is -2.16. The standard InChI is InChI=1S/C14H9Cl3O3S/c15-9-1-4-11(5-2-9)21(19,20)8-14(18)12-7-10(16)3-6-13(12)17/h1-7H,8H2. The molecule has 0 aliphatic carbocycles. The van der Waals surface area contributed by atoms with Crippen molar-refractivity contribution in [2.24, 2.45) is 0 Å². The fraction of sp³-hybridized carbons (Fsp3) is 0.0714. The molecule has 0 heterocycles. The van der Waals surface area contributed by atoms with Crippen molar-refractivity contribution in [2.75, 3.05) is 5.75 Å². The Labute approximate surface area is 137 Å². The van der Waals surface area contributed by atoms with Crippen LogP contribution in [0, 0.1) is 0 Å². The van der Waals surface area contributed by atoms with E-state index >= 15 is 0 Å². The number of carbonyl (C=O) groups excluding carboxylic acids is 1. The van der Waals surface area contributed by atoms with E-state index in [1.54, 1.807) is 0 Å². The first-order chi connectivity index (χ1) is 9.79. The lowest BCUT2D eigenvalue weighted by molar-refractivity contribution is 0.102. The minimum Gasteiger partial charge on any atom is -0.293 e. The Balaban J connectivity index is 2.30. The van der Waals surface area contributed by atoms with Gasteiger partial charge < -0.3 is 0 Å². The van der Waals surface area contributed by atoms with Crippen molar-refractivity contribution in [3.05, 3.63) is 63.1 Å². The zero-order valence-corrected chi connectivity index (χ0v) is 13.6. The van der Waals surface area contributed by atoms with Crippen molar-refractivity contribution < 1.29 is 13.2 Å². The van der Waals surface area contributed by atoms with Crippen LogP contribution in [0.15, 0.2) is 47.4 Å². The van der Waals surface area contributed by atoms with Gasteiger partial charge in [-0.3, -0.25) is 4.79 Å². The molecule has 0 saturated heterocycles. The van der Waals surface area contributed by atoms with E-state index in [1.165, 1.54) is 42.5 Å². The Hall–Kier alpha value is -1.07. The zero-order chi connectivity index (χ0) is 15.6. The van der Waals surface area contributed by atoms with E-state index in [9.17, 15) is 13.2 Å². The first kappa shape index (κ1) is 16.3. The Morgan fingerprint density at radius 3 is 2.10 bits per heavy atom. The maximum absolute atomic E-state index is 12.2. The van der Waals surface area contributed by atoms with Gasteiger partial charge in [0.2, 0.25) is 0 Å². The summed E-state index contributed by atoms with van der Waals surface area (Å²) in [6.45, 7) is 0. The molecule has 0 fully saturated rings. The quantitative estimate of drug-likeness (QED) is 0.761. The summed E-state index contributed by atoms with van der Waals surface area (Å²) in [5.41, 5.74) is 0.0849. The van der Waals surface area contributed by atoms with Gasteiger partial charge >= 0.3 is 0 Å². The van der Waals surface area contributed by atoms with E-state index in [0.29, 0.717) is 10.0 Å². The predicted molar refractivity (Wildman–Crippen MR) is 84.3 cm³/mol. The second kappa shape index (κ2) is 6.36.